The SMILES string of the molecule is CC1(C(=O)N2CCC3(CC2)C(=O)N(C2CC(N4CCCCC4)C2)c2ccccc23)CCNCC1. The van der Waals surface area contributed by atoms with Crippen LogP contribution >= 0.6 is 0 Å². The van der Waals surface area contributed by atoms with Crippen molar-refractivity contribution in [1.29, 1.82) is 0 Å². The van der Waals surface area contributed by atoms with Crippen LogP contribution in [0.25, 0.3) is 0 Å². The first kappa shape index (κ1) is 22.5. The first-order valence-electron chi connectivity index (χ1n) is 13.7. The van der Waals surface area contributed by atoms with Gasteiger partial charge < -0.3 is 20.0 Å². The summed E-state index contributed by atoms with van der Waals surface area (Å²) in [4.78, 5) is 34.4. The van der Waals surface area contributed by atoms with Gasteiger partial charge in [0, 0.05) is 36.3 Å². The van der Waals surface area contributed by atoms with Crippen molar-refractivity contribution < 1.29 is 9.59 Å². The molecular formula is C28H40N4O2. The van der Waals surface area contributed by atoms with Gasteiger partial charge in [0.2, 0.25) is 11.8 Å². The summed E-state index contributed by atoms with van der Waals surface area (Å²) < 4.78 is 0. The molecule has 1 aromatic rings. The van der Waals surface area contributed by atoms with Crippen molar-refractivity contribution in [3.05, 3.63) is 29.8 Å². The van der Waals surface area contributed by atoms with E-state index in [1.165, 1.54) is 37.9 Å². The van der Waals surface area contributed by atoms with E-state index in [0.717, 1.165) is 57.3 Å². The highest BCUT2D eigenvalue weighted by atomic mass is 16.2. The molecule has 6 heteroatoms. The van der Waals surface area contributed by atoms with Crippen molar-refractivity contribution in [2.45, 2.75) is 82.2 Å². The van der Waals surface area contributed by atoms with Gasteiger partial charge in [0.15, 0.2) is 0 Å². The standard InChI is InChI=1S/C28H40N4O2/c1-27(9-13-29-14-10-27)25(33)31-17-11-28(12-18-31)23-7-3-4-8-24(23)32(26(28)34)22-19-21(20-22)30-15-5-2-6-16-30/h3-4,7-8,21-22,29H,2,5-6,9-20H2,1H3. The molecule has 4 aliphatic heterocycles. The highest BCUT2D eigenvalue weighted by molar-refractivity contribution is 6.09. The van der Waals surface area contributed by atoms with Crippen LogP contribution in [0.5, 0.6) is 0 Å². The number of nitrogens with one attached hydrogen (secondary N) is 1. The molecule has 1 aromatic carbocycles. The summed E-state index contributed by atoms with van der Waals surface area (Å²) in [7, 11) is 0. The van der Waals surface area contributed by atoms with E-state index in [4.69, 9.17) is 0 Å². The van der Waals surface area contributed by atoms with Crippen LogP contribution in [0.15, 0.2) is 24.3 Å². The number of hydrogen-bond donors (Lipinski definition) is 1. The number of likely N-dealkylation sites (tertiary alicyclic amines) is 2. The van der Waals surface area contributed by atoms with E-state index < -0.39 is 5.41 Å². The number of fused-ring (bicyclic) bond motifs is 2. The van der Waals surface area contributed by atoms with Crippen LogP contribution in [0, 0.1) is 5.41 Å². The lowest BCUT2D eigenvalue weighted by Gasteiger charge is -2.48. The van der Waals surface area contributed by atoms with Crippen molar-refractivity contribution in [3.8, 4) is 0 Å². The summed E-state index contributed by atoms with van der Waals surface area (Å²) >= 11 is 0. The van der Waals surface area contributed by atoms with Crippen molar-refractivity contribution in [2.24, 2.45) is 5.41 Å². The van der Waals surface area contributed by atoms with Crippen LogP contribution in [-0.4, -0.2) is 73.0 Å². The van der Waals surface area contributed by atoms with Gasteiger partial charge in [-0.25, -0.2) is 0 Å². The van der Waals surface area contributed by atoms with Crippen LogP contribution < -0.4 is 10.2 Å². The zero-order chi connectivity index (χ0) is 23.3. The Morgan fingerprint density at radius 3 is 2.29 bits per heavy atom. The zero-order valence-corrected chi connectivity index (χ0v) is 20.7. The lowest BCUT2D eigenvalue weighted by molar-refractivity contribution is -0.145. The van der Waals surface area contributed by atoms with Crippen LogP contribution in [0.3, 0.4) is 0 Å². The number of carbonyl (C=O) groups is 2. The number of carbonyl (C=O) groups excluding carboxylic acids is 2. The van der Waals surface area contributed by atoms with Gasteiger partial charge in [-0.15, -0.1) is 0 Å². The lowest BCUT2D eigenvalue weighted by Crippen LogP contribution is -2.59. The molecule has 1 N–H and O–H groups in total. The van der Waals surface area contributed by atoms with Gasteiger partial charge in [0.1, 0.15) is 0 Å². The molecule has 1 spiro atoms. The molecule has 1 saturated carbocycles. The fourth-order valence-corrected chi connectivity index (χ4v) is 7.41. The molecule has 2 amide bonds. The Morgan fingerprint density at radius 2 is 1.59 bits per heavy atom. The summed E-state index contributed by atoms with van der Waals surface area (Å²) in [6, 6.07) is 9.47. The minimum absolute atomic E-state index is 0.255. The van der Waals surface area contributed by atoms with Crippen LogP contribution in [0.1, 0.15) is 70.3 Å². The van der Waals surface area contributed by atoms with Gasteiger partial charge in [-0.1, -0.05) is 31.5 Å². The molecule has 4 fully saturated rings. The number of para-hydroxylation sites is 1. The summed E-state index contributed by atoms with van der Waals surface area (Å²) in [6.07, 6.45) is 9.53. The maximum Gasteiger partial charge on any atom is 0.238 e. The van der Waals surface area contributed by atoms with Crippen molar-refractivity contribution in [1.82, 2.24) is 15.1 Å². The molecule has 4 heterocycles. The Kier molecular flexibility index (Phi) is 5.72. The van der Waals surface area contributed by atoms with Crippen molar-refractivity contribution in [2.75, 3.05) is 44.2 Å². The zero-order valence-electron chi connectivity index (χ0n) is 20.7. The maximum atomic E-state index is 14.1. The first-order valence-corrected chi connectivity index (χ1v) is 13.7. The van der Waals surface area contributed by atoms with Gasteiger partial charge in [0.25, 0.3) is 0 Å². The molecule has 1 aliphatic carbocycles. The molecule has 0 radical (unpaired) electrons. The van der Waals surface area contributed by atoms with E-state index >= 15 is 0 Å². The second-order valence-corrected chi connectivity index (χ2v) is 11.8. The average Bonchev–Trinajstić information content (AvgIpc) is 3.08. The molecule has 0 unspecified atom stereocenters. The van der Waals surface area contributed by atoms with Crippen molar-refractivity contribution >= 4 is 17.5 Å². The van der Waals surface area contributed by atoms with E-state index in [9.17, 15) is 9.59 Å². The Hall–Kier alpha value is -1.92. The first-order chi connectivity index (χ1) is 16.5. The molecule has 0 aromatic heterocycles. The third kappa shape index (κ3) is 3.51. The fourth-order valence-electron chi connectivity index (χ4n) is 7.41. The lowest BCUT2D eigenvalue weighted by atomic mass is 9.72. The minimum Gasteiger partial charge on any atom is -0.342 e. The quantitative estimate of drug-likeness (QED) is 0.746. The van der Waals surface area contributed by atoms with E-state index in [1.54, 1.807) is 0 Å². The predicted molar refractivity (Wildman–Crippen MR) is 134 cm³/mol. The molecule has 5 aliphatic rings. The monoisotopic (exact) mass is 464 g/mol. The Morgan fingerprint density at radius 1 is 0.912 bits per heavy atom. The number of nitrogens with zero attached hydrogens (tertiary/aromatic N) is 3. The third-order valence-corrected chi connectivity index (χ3v) is 9.80. The summed E-state index contributed by atoms with van der Waals surface area (Å²) in [5.41, 5.74) is 1.65. The molecule has 184 valence electrons. The molecule has 6 rings (SSSR count). The molecule has 6 nitrogen and oxygen atoms in total. The summed E-state index contributed by atoms with van der Waals surface area (Å²) in [6.45, 7) is 7.80. The van der Waals surface area contributed by atoms with Crippen LogP contribution in [0.4, 0.5) is 5.69 Å². The van der Waals surface area contributed by atoms with Crippen LogP contribution in [-0.2, 0) is 15.0 Å². The minimum atomic E-state index is -0.446. The molecule has 0 bridgehead atoms. The number of benzene rings is 1. The molecule has 34 heavy (non-hydrogen) atoms. The van der Waals surface area contributed by atoms with E-state index in [1.807, 2.05) is 0 Å². The average molecular weight is 465 g/mol. The Bertz CT molecular complexity index is 935. The molecular weight excluding hydrogens is 424 g/mol. The molecule has 0 atom stereocenters. The van der Waals surface area contributed by atoms with Crippen molar-refractivity contribution in [3.63, 3.8) is 0 Å². The number of piperidine rings is 3. The number of hydrogen-bond acceptors (Lipinski definition) is 4. The summed E-state index contributed by atoms with van der Waals surface area (Å²) in [5, 5.41) is 3.38. The summed E-state index contributed by atoms with van der Waals surface area (Å²) in [5.74, 6) is 0.596. The van der Waals surface area contributed by atoms with Gasteiger partial charge in [-0.2, -0.15) is 0 Å². The topological polar surface area (TPSA) is 55.9 Å². The second-order valence-electron chi connectivity index (χ2n) is 11.8. The Labute approximate surface area is 204 Å². The van der Waals surface area contributed by atoms with Gasteiger partial charge in [0.05, 0.1) is 5.41 Å². The Balaban J connectivity index is 1.17. The van der Waals surface area contributed by atoms with E-state index in [-0.39, 0.29) is 5.41 Å². The second kappa shape index (κ2) is 8.63. The highest BCUT2D eigenvalue weighted by Gasteiger charge is 2.56. The smallest absolute Gasteiger partial charge is 0.238 e. The number of amides is 2. The largest absolute Gasteiger partial charge is 0.342 e. The van der Waals surface area contributed by atoms with E-state index in [0.29, 0.717) is 37.0 Å². The highest BCUT2D eigenvalue weighted by Crippen LogP contribution is 2.51. The fraction of sp³-hybridized carbons (Fsp3) is 0.714. The van der Waals surface area contributed by atoms with Crippen LogP contribution in [0.2, 0.25) is 0 Å². The maximum absolute atomic E-state index is 14.1. The number of anilines is 1. The van der Waals surface area contributed by atoms with Gasteiger partial charge >= 0.3 is 0 Å². The normalized spacial score (nSPS) is 30.8. The van der Waals surface area contributed by atoms with Gasteiger partial charge in [-0.3, -0.25) is 9.59 Å². The third-order valence-electron chi connectivity index (χ3n) is 9.80. The predicted octanol–water partition coefficient (Wildman–Crippen LogP) is 3.30. The van der Waals surface area contributed by atoms with E-state index in [2.05, 4.69) is 51.2 Å². The van der Waals surface area contributed by atoms with Gasteiger partial charge in [-0.05, 0) is 89.2 Å². The number of rotatable bonds is 3. The molecule has 3 saturated heterocycles.